The molecule has 0 aliphatic carbocycles. The lowest BCUT2D eigenvalue weighted by Gasteiger charge is -2.20. The van der Waals surface area contributed by atoms with Crippen molar-refractivity contribution in [1.82, 2.24) is 14.5 Å². The molecule has 1 aromatic heterocycles. The average molecular weight is 410 g/mol. The smallest absolute Gasteiger partial charge is 0.325 e. The molecule has 25 heavy (non-hydrogen) atoms. The fourth-order valence-corrected chi connectivity index (χ4v) is 2.81. The summed E-state index contributed by atoms with van der Waals surface area (Å²) in [5, 5.41) is 0.490. The van der Waals surface area contributed by atoms with E-state index in [2.05, 4.69) is 25.7 Å². The maximum absolute atomic E-state index is 12.5. The van der Waals surface area contributed by atoms with Crippen molar-refractivity contribution >= 4 is 38.7 Å². The normalized spacial score (nSPS) is 10.7. The molecule has 0 aliphatic rings. The van der Waals surface area contributed by atoms with Gasteiger partial charge in [0.15, 0.2) is 0 Å². The van der Waals surface area contributed by atoms with Crippen LogP contribution in [0, 0.1) is 0 Å². The molecule has 0 saturated carbocycles. The Kier molecular flexibility index (Phi) is 6.69. The summed E-state index contributed by atoms with van der Waals surface area (Å²) in [6.07, 6.45) is 2.28. The second kappa shape index (κ2) is 8.75. The molecule has 0 spiro atoms. The van der Waals surface area contributed by atoms with Crippen LogP contribution in [0.5, 0.6) is 0 Å². The Balaban J connectivity index is 2.12. The van der Waals surface area contributed by atoms with E-state index in [1.54, 1.807) is 12.1 Å². The van der Waals surface area contributed by atoms with Gasteiger partial charge in [0.1, 0.15) is 6.54 Å². The van der Waals surface area contributed by atoms with Gasteiger partial charge in [0, 0.05) is 24.0 Å². The Morgan fingerprint density at radius 1 is 1.36 bits per heavy atom. The quantitative estimate of drug-likeness (QED) is 0.652. The van der Waals surface area contributed by atoms with Crippen LogP contribution in [-0.4, -0.2) is 46.5 Å². The number of carbonyl (C=O) groups is 2. The van der Waals surface area contributed by atoms with Crippen molar-refractivity contribution in [3.8, 4) is 0 Å². The van der Waals surface area contributed by atoms with Gasteiger partial charge in [-0.1, -0.05) is 22.9 Å². The summed E-state index contributed by atoms with van der Waals surface area (Å²) in [5.41, 5.74) is 0.406. The third-order valence-electron chi connectivity index (χ3n) is 3.75. The number of esters is 1. The van der Waals surface area contributed by atoms with E-state index in [0.29, 0.717) is 17.4 Å². The highest BCUT2D eigenvalue weighted by Crippen LogP contribution is 2.14. The summed E-state index contributed by atoms with van der Waals surface area (Å²) in [5.74, 6) is -0.662. The predicted octanol–water partition coefficient (Wildman–Crippen LogP) is 1.96. The van der Waals surface area contributed by atoms with Crippen LogP contribution in [0.25, 0.3) is 10.9 Å². The lowest BCUT2D eigenvalue weighted by Crippen LogP contribution is -2.37. The first-order chi connectivity index (χ1) is 12.0. The zero-order chi connectivity index (χ0) is 18.4. The van der Waals surface area contributed by atoms with Crippen molar-refractivity contribution in [2.45, 2.75) is 26.3 Å². The minimum absolute atomic E-state index is 0.0824. The van der Waals surface area contributed by atoms with Gasteiger partial charge in [0.05, 0.1) is 24.3 Å². The predicted molar refractivity (Wildman–Crippen MR) is 97.2 cm³/mol. The molecule has 8 heteroatoms. The minimum Gasteiger partial charge on any atom is -0.468 e. The van der Waals surface area contributed by atoms with Crippen LogP contribution in [0.15, 0.2) is 33.8 Å². The second-order valence-corrected chi connectivity index (χ2v) is 6.46. The largest absolute Gasteiger partial charge is 0.468 e. The molecule has 0 unspecified atom stereocenters. The average Bonchev–Trinajstić information content (AvgIpc) is 2.60. The third kappa shape index (κ3) is 4.88. The first-order valence-corrected chi connectivity index (χ1v) is 8.74. The van der Waals surface area contributed by atoms with E-state index in [1.165, 1.54) is 22.9 Å². The van der Waals surface area contributed by atoms with Crippen molar-refractivity contribution in [3.63, 3.8) is 0 Å². The number of benzene rings is 1. The number of carbonyl (C=O) groups excluding carboxylic acids is 2. The maximum Gasteiger partial charge on any atom is 0.325 e. The number of aromatic nitrogens is 2. The highest BCUT2D eigenvalue weighted by atomic mass is 79.9. The van der Waals surface area contributed by atoms with Gasteiger partial charge >= 0.3 is 5.97 Å². The number of hydrogen-bond donors (Lipinski definition) is 0. The van der Waals surface area contributed by atoms with Gasteiger partial charge < -0.3 is 9.64 Å². The molecule has 1 aromatic carbocycles. The maximum atomic E-state index is 12.5. The zero-order valence-corrected chi connectivity index (χ0v) is 15.8. The van der Waals surface area contributed by atoms with Crippen molar-refractivity contribution in [2.24, 2.45) is 0 Å². The summed E-state index contributed by atoms with van der Waals surface area (Å²) in [6, 6.07) is 5.29. The molecule has 7 nitrogen and oxygen atoms in total. The Morgan fingerprint density at radius 3 is 2.80 bits per heavy atom. The van der Waals surface area contributed by atoms with E-state index < -0.39 is 5.97 Å². The highest BCUT2D eigenvalue weighted by molar-refractivity contribution is 9.10. The number of rotatable bonds is 7. The standard InChI is InChI=1S/C17H20BrN3O4/c1-3-7-20(10-16(23)25-2)15(22)6-8-21-11-19-14-5-4-12(18)9-13(14)17(21)24/h4-5,9,11H,3,6-8,10H2,1-2H3. The topological polar surface area (TPSA) is 81.5 Å². The van der Waals surface area contributed by atoms with Crippen LogP contribution >= 0.6 is 15.9 Å². The fraction of sp³-hybridized carbons (Fsp3) is 0.412. The van der Waals surface area contributed by atoms with Crippen LogP contribution < -0.4 is 5.56 Å². The van der Waals surface area contributed by atoms with Gasteiger partial charge in [-0.25, -0.2) is 4.98 Å². The molecule has 2 aromatic rings. The van der Waals surface area contributed by atoms with E-state index in [-0.39, 0.29) is 31.0 Å². The van der Waals surface area contributed by atoms with Gasteiger partial charge in [-0.2, -0.15) is 0 Å². The Morgan fingerprint density at radius 2 is 2.12 bits per heavy atom. The van der Waals surface area contributed by atoms with Gasteiger partial charge in [-0.3, -0.25) is 19.0 Å². The Bertz CT molecular complexity index is 834. The third-order valence-corrected chi connectivity index (χ3v) is 4.24. The van der Waals surface area contributed by atoms with Gasteiger partial charge in [0.25, 0.3) is 5.56 Å². The van der Waals surface area contributed by atoms with E-state index in [9.17, 15) is 14.4 Å². The first kappa shape index (κ1) is 19.1. The molecule has 1 amide bonds. The number of hydrogen-bond acceptors (Lipinski definition) is 5. The van der Waals surface area contributed by atoms with E-state index in [0.717, 1.165) is 10.9 Å². The number of methoxy groups -OCH3 is 1. The van der Waals surface area contributed by atoms with Gasteiger partial charge in [-0.15, -0.1) is 0 Å². The number of ether oxygens (including phenoxy) is 1. The van der Waals surface area contributed by atoms with Crippen LogP contribution in [0.2, 0.25) is 0 Å². The molecule has 0 bridgehead atoms. The summed E-state index contributed by atoms with van der Waals surface area (Å²) in [7, 11) is 1.29. The molecule has 0 saturated heterocycles. The molecular weight excluding hydrogens is 390 g/mol. The summed E-state index contributed by atoms with van der Waals surface area (Å²) < 4.78 is 6.82. The summed E-state index contributed by atoms with van der Waals surface area (Å²) in [4.78, 5) is 42.0. The van der Waals surface area contributed by atoms with Gasteiger partial charge in [0.2, 0.25) is 5.91 Å². The molecule has 0 radical (unpaired) electrons. The Hall–Kier alpha value is -2.22. The molecule has 0 fully saturated rings. The Labute approximate surface area is 153 Å². The molecule has 1 heterocycles. The highest BCUT2D eigenvalue weighted by Gasteiger charge is 2.17. The minimum atomic E-state index is -0.462. The van der Waals surface area contributed by atoms with Crippen LogP contribution in [0.3, 0.4) is 0 Å². The fourth-order valence-electron chi connectivity index (χ4n) is 2.45. The van der Waals surface area contributed by atoms with Crippen molar-refractivity contribution in [1.29, 1.82) is 0 Å². The SMILES string of the molecule is CCCN(CC(=O)OC)C(=O)CCn1cnc2ccc(Br)cc2c1=O. The number of aryl methyl sites for hydroxylation is 1. The molecule has 0 aliphatic heterocycles. The number of fused-ring (bicyclic) bond motifs is 1. The summed E-state index contributed by atoms with van der Waals surface area (Å²) >= 11 is 3.34. The first-order valence-electron chi connectivity index (χ1n) is 7.95. The van der Waals surface area contributed by atoms with E-state index >= 15 is 0 Å². The second-order valence-electron chi connectivity index (χ2n) is 5.55. The van der Waals surface area contributed by atoms with Crippen molar-refractivity contribution in [2.75, 3.05) is 20.2 Å². The number of amides is 1. The van der Waals surface area contributed by atoms with Gasteiger partial charge in [-0.05, 0) is 24.6 Å². The van der Waals surface area contributed by atoms with Crippen molar-refractivity contribution in [3.05, 3.63) is 39.4 Å². The molecular formula is C17H20BrN3O4. The molecule has 2 rings (SSSR count). The lowest BCUT2D eigenvalue weighted by atomic mass is 10.2. The zero-order valence-electron chi connectivity index (χ0n) is 14.2. The van der Waals surface area contributed by atoms with Crippen LogP contribution in [0.4, 0.5) is 0 Å². The molecule has 0 atom stereocenters. The van der Waals surface area contributed by atoms with Crippen LogP contribution in [0.1, 0.15) is 19.8 Å². The monoisotopic (exact) mass is 409 g/mol. The van der Waals surface area contributed by atoms with Crippen molar-refractivity contribution < 1.29 is 14.3 Å². The lowest BCUT2D eigenvalue weighted by molar-refractivity contribution is -0.147. The van der Waals surface area contributed by atoms with E-state index in [4.69, 9.17) is 0 Å². The van der Waals surface area contributed by atoms with E-state index in [1.807, 2.05) is 13.0 Å². The molecule has 0 N–H and O–H groups in total. The number of halogens is 1. The van der Waals surface area contributed by atoms with Crippen LogP contribution in [-0.2, 0) is 20.9 Å². The number of nitrogens with zero attached hydrogens (tertiary/aromatic N) is 3. The molecule has 134 valence electrons. The summed E-state index contributed by atoms with van der Waals surface area (Å²) in [6.45, 7) is 2.51.